The first-order valence-electron chi connectivity index (χ1n) is 9.24. The van der Waals surface area contributed by atoms with Crippen LogP contribution in [-0.4, -0.2) is 32.5 Å². The first-order chi connectivity index (χ1) is 13.1. The van der Waals surface area contributed by atoms with Crippen LogP contribution in [0.5, 0.6) is 0 Å². The maximum atomic E-state index is 13.7. The van der Waals surface area contributed by atoms with Crippen LogP contribution >= 0.6 is 0 Å². The number of hydrogen-bond donors (Lipinski definition) is 1. The molecule has 1 fully saturated rings. The molecule has 0 spiro atoms. The van der Waals surface area contributed by atoms with Gasteiger partial charge in [-0.3, -0.25) is 0 Å². The lowest BCUT2D eigenvalue weighted by Gasteiger charge is -2.30. The van der Waals surface area contributed by atoms with Gasteiger partial charge in [-0.1, -0.05) is 30.2 Å². The highest BCUT2D eigenvalue weighted by atomic mass is 19.1. The van der Waals surface area contributed by atoms with Crippen molar-refractivity contribution in [3.8, 4) is 0 Å². The lowest BCUT2D eigenvalue weighted by atomic mass is 10.0. The van der Waals surface area contributed by atoms with Gasteiger partial charge >= 0.3 is 6.03 Å². The standard InChI is InChI=1S/C20H22FN5O/c1-25-19-10-9-16(13-17(19)23-24-25)22-20(27)26-11-4-2-3-8-18(26)14-6-5-7-15(21)12-14/h5-7,9-10,12-13,18H,2-4,8,11H2,1H3,(H,22,27)/t18-/m1/s1. The molecule has 1 aliphatic rings. The Bertz CT molecular complexity index is 970. The molecule has 1 aliphatic heterocycles. The fourth-order valence-corrected chi connectivity index (χ4v) is 3.73. The number of nitrogens with zero attached hydrogens (tertiary/aromatic N) is 4. The van der Waals surface area contributed by atoms with Crippen LogP contribution in [0, 0.1) is 5.82 Å². The van der Waals surface area contributed by atoms with Gasteiger partial charge in [0.25, 0.3) is 0 Å². The van der Waals surface area contributed by atoms with Gasteiger partial charge in [0.2, 0.25) is 0 Å². The van der Waals surface area contributed by atoms with E-state index in [0.29, 0.717) is 12.2 Å². The van der Waals surface area contributed by atoms with Crippen LogP contribution in [0.15, 0.2) is 42.5 Å². The van der Waals surface area contributed by atoms with Gasteiger partial charge in [-0.25, -0.2) is 13.9 Å². The average molecular weight is 367 g/mol. The van der Waals surface area contributed by atoms with E-state index < -0.39 is 0 Å². The van der Waals surface area contributed by atoms with Crippen LogP contribution < -0.4 is 5.32 Å². The Hall–Kier alpha value is -2.96. The van der Waals surface area contributed by atoms with E-state index in [4.69, 9.17) is 0 Å². The molecule has 140 valence electrons. The predicted octanol–water partition coefficient (Wildman–Crippen LogP) is 4.26. The Morgan fingerprint density at radius 3 is 2.93 bits per heavy atom. The number of carbonyl (C=O) groups is 1. The first kappa shape index (κ1) is 17.5. The van der Waals surface area contributed by atoms with Gasteiger partial charge in [0.1, 0.15) is 11.3 Å². The van der Waals surface area contributed by atoms with E-state index in [2.05, 4.69) is 15.6 Å². The van der Waals surface area contributed by atoms with E-state index in [0.717, 1.165) is 42.3 Å². The molecular formula is C20H22FN5O. The van der Waals surface area contributed by atoms with Gasteiger partial charge in [-0.15, -0.1) is 5.10 Å². The summed E-state index contributed by atoms with van der Waals surface area (Å²) in [5, 5.41) is 11.0. The molecule has 1 aromatic heterocycles. The van der Waals surface area contributed by atoms with E-state index >= 15 is 0 Å². The van der Waals surface area contributed by atoms with Gasteiger partial charge in [-0.05, 0) is 48.7 Å². The fraction of sp³-hybridized carbons (Fsp3) is 0.350. The number of likely N-dealkylation sites (tertiary alicyclic amines) is 1. The van der Waals surface area contributed by atoms with E-state index in [1.54, 1.807) is 10.7 Å². The van der Waals surface area contributed by atoms with Crippen LogP contribution in [0.25, 0.3) is 11.0 Å². The zero-order chi connectivity index (χ0) is 18.8. The highest BCUT2D eigenvalue weighted by molar-refractivity contribution is 5.92. The zero-order valence-corrected chi connectivity index (χ0v) is 15.2. The Morgan fingerprint density at radius 2 is 2.07 bits per heavy atom. The molecule has 2 aromatic carbocycles. The van der Waals surface area contributed by atoms with Gasteiger partial charge in [0.15, 0.2) is 0 Å². The summed E-state index contributed by atoms with van der Waals surface area (Å²) in [5.74, 6) is -0.273. The number of halogens is 1. The molecule has 6 nitrogen and oxygen atoms in total. The molecule has 0 aliphatic carbocycles. The van der Waals surface area contributed by atoms with Crippen molar-refractivity contribution in [3.63, 3.8) is 0 Å². The molecule has 2 amide bonds. The second-order valence-corrected chi connectivity index (χ2v) is 6.96. The summed E-state index contributed by atoms with van der Waals surface area (Å²) < 4.78 is 15.4. The highest BCUT2D eigenvalue weighted by Gasteiger charge is 2.27. The summed E-state index contributed by atoms with van der Waals surface area (Å²) in [6.07, 6.45) is 3.88. The zero-order valence-electron chi connectivity index (χ0n) is 15.2. The van der Waals surface area contributed by atoms with E-state index in [-0.39, 0.29) is 17.9 Å². The molecule has 0 unspecified atom stereocenters. The number of benzene rings is 2. The summed E-state index contributed by atoms with van der Waals surface area (Å²) >= 11 is 0. The van der Waals surface area contributed by atoms with Crippen molar-refractivity contribution in [1.29, 1.82) is 0 Å². The molecule has 4 rings (SSSR count). The molecule has 7 heteroatoms. The maximum absolute atomic E-state index is 13.7. The summed E-state index contributed by atoms with van der Waals surface area (Å²) in [7, 11) is 1.83. The SMILES string of the molecule is Cn1nnc2cc(NC(=O)N3CCCCC[C@@H]3c3cccc(F)c3)ccc21. The van der Waals surface area contributed by atoms with Gasteiger partial charge in [0.05, 0.1) is 11.6 Å². The van der Waals surface area contributed by atoms with Crippen LogP contribution in [0.1, 0.15) is 37.3 Å². The number of aromatic nitrogens is 3. The number of urea groups is 1. The molecular weight excluding hydrogens is 345 g/mol. The van der Waals surface area contributed by atoms with Gasteiger partial charge in [0, 0.05) is 19.3 Å². The number of aryl methyl sites for hydroxylation is 1. The predicted molar refractivity (Wildman–Crippen MR) is 102 cm³/mol. The number of fused-ring (bicyclic) bond motifs is 1. The lowest BCUT2D eigenvalue weighted by Crippen LogP contribution is -2.38. The summed E-state index contributed by atoms with van der Waals surface area (Å²) in [6, 6.07) is 11.8. The van der Waals surface area contributed by atoms with Gasteiger partial charge < -0.3 is 10.2 Å². The van der Waals surface area contributed by atoms with Crippen molar-refractivity contribution in [3.05, 3.63) is 53.8 Å². The first-order valence-corrected chi connectivity index (χ1v) is 9.24. The molecule has 0 bridgehead atoms. The van der Waals surface area contributed by atoms with Crippen LogP contribution in [0.2, 0.25) is 0 Å². The number of nitrogens with one attached hydrogen (secondary N) is 1. The Labute approximate surface area is 157 Å². The lowest BCUT2D eigenvalue weighted by molar-refractivity contribution is 0.189. The highest BCUT2D eigenvalue weighted by Crippen LogP contribution is 2.31. The van der Waals surface area contributed by atoms with Crippen molar-refractivity contribution >= 4 is 22.8 Å². The summed E-state index contributed by atoms with van der Waals surface area (Å²) in [5.41, 5.74) is 3.15. The molecule has 1 atom stereocenters. The maximum Gasteiger partial charge on any atom is 0.322 e. The number of anilines is 1. The molecule has 0 radical (unpaired) electrons. The molecule has 0 saturated carbocycles. The normalized spacial score (nSPS) is 17.7. The van der Waals surface area contributed by atoms with E-state index in [9.17, 15) is 9.18 Å². The second kappa shape index (κ2) is 7.34. The summed E-state index contributed by atoms with van der Waals surface area (Å²) in [4.78, 5) is 14.8. The smallest absolute Gasteiger partial charge is 0.317 e. The number of amides is 2. The van der Waals surface area contributed by atoms with Crippen LogP contribution in [0.3, 0.4) is 0 Å². The minimum Gasteiger partial charge on any atom is -0.317 e. The number of rotatable bonds is 2. The third-order valence-electron chi connectivity index (χ3n) is 5.11. The number of carbonyl (C=O) groups excluding carboxylic acids is 1. The monoisotopic (exact) mass is 367 g/mol. The van der Waals surface area contributed by atoms with Gasteiger partial charge in [-0.2, -0.15) is 0 Å². The topological polar surface area (TPSA) is 63.1 Å². The third kappa shape index (κ3) is 3.63. The van der Waals surface area contributed by atoms with E-state index in [1.165, 1.54) is 12.1 Å². The second-order valence-electron chi connectivity index (χ2n) is 6.96. The Morgan fingerprint density at radius 1 is 1.19 bits per heavy atom. The fourth-order valence-electron chi connectivity index (χ4n) is 3.73. The van der Waals surface area contributed by atoms with Crippen molar-refractivity contribution in [2.75, 3.05) is 11.9 Å². The van der Waals surface area contributed by atoms with Crippen molar-refractivity contribution in [2.45, 2.75) is 31.7 Å². The molecule has 2 heterocycles. The minimum absolute atomic E-state index is 0.122. The van der Waals surface area contributed by atoms with E-state index in [1.807, 2.05) is 36.2 Å². The quantitative estimate of drug-likeness (QED) is 0.736. The summed E-state index contributed by atoms with van der Waals surface area (Å²) in [6.45, 7) is 0.653. The van der Waals surface area contributed by atoms with Crippen LogP contribution in [0.4, 0.5) is 14.9 Å². The number of hydrogen-bond acceptors (Lipinski definition) is 3. The van der Waals surface area contributed by atoms with Crippen molar-refractivity contribution in [1.82, 2.24) is 19.9 Å². The Kier molecular flexibility index (Phi) is 4.75. The molecule has 3 aromatic rings. The Balaban J connectivity index is 1.58. The molecule has 1 N–H and O–H groups in total. The minimum atomic E-state index is -0.273. The third-order valence-corrected chi connectivity index (χ3v) is 5.11. The average Bonchev–Trinajstić information content (AvgIpc) is 2.88. The van der Waals surface area contributed by atoms with Crippen molar-refractivity contribution < 1.29 is 9.18 Å². The van der Waals surface area contributed by atoms with Crippen molar-refractivity contribution in [2.24, 2.45) is 7.05 Å². The molecule has 27 heavy (non-hydrogen) atoms. The molecule has 1 saturated heterocycles. The largest absolute Gasteiger partial charge is 0.322 e. The van der Waals surface area contributed by atoms with Crippen LogP contribution in [-0.2, 0) is 7.05 Å².